The number of nitrogens with zero attached hydrogens (tertiary/aromatic N) is 1. The zero-order chi connectivity index (χ0) is 20.1. The molecule has 146 valence electrons. The predicted molar refractivity (Wildman–Crippen MR) is 106 cm³/mol. The summed E-state index contributed by atoms with van der Waals surface area (Å²) >= 11 is 4.29. The lowest BCUT2D eigenvalue weighted by atomic mass is 10.1. The minimum atomic E-state index is -1.10. The van der Waals surface area contributed by atoms with Crippen molar-refractivity contribution in [2.75, 3.05) is 13.2 Å². The van der Waals surface area contributed by atoms with Crippen LogP contribution in [0.5, 0.6) is 11.5 Å². The number of ether oxygens (including phenoxy) is 2. The molecule has 1 aromatic carbocycles. The monoisotopic (exact) mass is 457 g/mol. The molecule has 1 aromatic rings. The highest BCUT2D eigenvalue weighted by atomic mass is 79.9. The zero-order valence-electron chi connectivity index (χ0n) is 15.2. The Kier molecular flexibility index (Phi) is 7.32. The van der Waals surface area contributed by atoms with E-state index in [4.69, 9.17) is 14.6 Å². The van der Waals surface area contributed by atoms with Crippen LogP contribution in [0.1, 0.15) is 32.8 Å². The van der Waals surface area contributed by atoms with Crippen LogP contribution in [0.15, 0.2) is 21.5 Å². The highest BCUT2D eigenvalue weighted by Crippen LogP contribution is 2.38. The van der Waals surface area contributed by atoms with E-state index in [-0.39, 0.29) is 22.9 Å². The maximum absolute atomic E-state index is 12.6. The number of carbonyl (C=O) groups is 3. The summed E-state index contributed by atoms with van der Waals surface area (Å²) < 4.78 is 11.4. The predicted octanol–water partition coefficient (Wildman–Crippen LogP) is 4.15. The van der Waals surface area contributed by atoms with Crippen LogP contribution in [0, 0.1) is 0 Å². The highest BCUT2D eigenvalue weighted by molar-refractivity contribution is 9.10. The number of halogens is 1. The molecular weight excluding hydrogens is 438 g/mol. The number of imide groups is 1. The molecule has 2 rings (SSSR count). The number of amides is 2. The number of hydrogen-bond acceptors (Lipinski definition) is 6. The first-order valence-corrected chi connectivity index (χ1v) is 9.97. The standard InChI is InChI=1S/C18H20BrNO6S/c1-4-10(3)20-17(23)15(27-18(20)24)7-11-6-13(25-5-2)14(8-12(11)19)26-9-16(21)22/h6-8,10H,4-5,9H2,1-3H3,(H,21,22)/b15-7+/t10-/m0/s1. The van der Waals surface area contributed by atoms with Gasteiger partial charge in [0, 0.05) is 10.5 Å². The molecule has 9 heteroatoms. The molecule has 2 amide bonds. The average Bonchev–Trinajstić information content (AvgIpc) is 2.89. The van der Waals surface area contributed by atoms with E-state index in [0.717, 1.165) is 11.8 Å². The van der Waals surface area contributed by atoms with Crippen LogP contribution in [0.3, 0.4) is 0 Å². The van der Waals surface area contributed by atoms with Gasteiger partial charge in [0.1, 0.15) is 0 Å². The minimum Gasteiger partial charge on any atom is -0.490 e. The molecule has 1 fully saturated rings. The van der Waals surface area contributed by atoms with Crippen molar-refractivity contribution >= 4 is 50.9 Å². The minimum absolute atomic E-state index is 0.169. The second kappa shape index (κ2) is 9.27. The first kappa shape index (κ1) is 21.3. The Labute approximate surface area is 169 Å². The fourth-order valence-electron chi connectivity index (χ4n) is 2.37. The van der Waals surface area contributed by atoms with E-state index in [1.165, 1.54) is 4.90 Å². The molecular formula is C18H20BrNO6S. The smallest absolute Gasteiger partial charge is 0.341 e. The maximum atomic E-state index is 12.6. The first-order chi connectivity index (χ1) is 12.8. The number of thioether (sulfide) groups is 1. The van der Waals surface area contributed by atoms with E-state index in [0.29, 0.717) is 33.7 Å². The number of carbonyl (C=O) groups excluding carboxylic acids is 2. The molecule has 1 heterocycles. The quantitative estimate of drug-likeness (QED) is 0.585. The zero-order valence-corrected chi connectivity index (χ0v) is 17.6. The molecule has 0 unspecified atom stereocenters. The Hall–Kier alpha value is -2.00. The third kappa shape index (κ3) is 5.04. The van der Waals surface area contributed by atoms with Crippen molar-refractivity contribution in [3.05, 3.63) is 27.1 Å². The highest BCUT2D eigenvalue weighted by Gasteiger charge is 2.37. The van der Waals surface area contributed by atoms with Crippen molar-refractivity contribution in [1.82, 2.24) is 4.90 Å². The van der Waals surface area contributed by atoms with Gasteiger partial charge in [0.2, 0.25) is 0 Å². The van der Waals surface area contributed by atoms with Crippen molar-refractivity contribution in [2.45, 2.75) is 33.2 Å². The molecule has 0 radical (unpaired) electrons. The van der Waals surface area contributed by atoms with Crippen LogP contribution in [0.2, 0.25) is 0 Å². The summed E-state index contributed by atoms with van der Waals surface area (Å²) in [5, 5.41) is 8.50. The molecule has 7 nitrogen and oxygen atoms in total. The lowest BCUT2D eigenvalue weighted by Gasteiger charge is -2.19. The van der Waals surface area contributed by atoms with Gasteiger partial charge in [-0.2, -0.15) is 0 Å². The number of carboxylic acids is 1. The van der Waals surface area contributed by atoms with Gasteiger partial charge in [-0.1, -0.05) is 22.9 Å². The maximum Gasteiger partial charge on any atom is 0.341 e. The lowest BCUT2D eigenvalue weighted by molar-refractivity contribution is -0.139. The van der Waals surface area contributed by atoms with Crippen molar-refractivity contribution in [3.63, 3.8) is 0 Å². The van der Waals surface area contributed by atoms with E-state index < -0.39 is 12.6 Å². The van der Waals surface area contributed by atoms with Crippen molar-refractivity contribution < 1.29 is 29.0 Å². The van der Waals surface area contributed by atoms with Gasteiger partial charge >= 0.3 is 5.97 Å². The van der Waals surface area contributed by atoms with Gasteiger partial charge in [0.15, 0.2) is 18.1 Å². The molecule has 1 aliphatic rings. The van der Waals surface area contributed by atoms with E-state index in [2.05, 4.69) is 15.9 Å². The van der Waals surface area contributed by atoms with Crippen LogP contribution >= 0.6 is 27.7 Å². The Morgan fingerprint density at radius 1 is 1.30 bits per heavy atom. The fourth-order valence-corrected chi connectivity index (χ4v) is 3.72. The summed E-state index contributed by atoms with van der Waals surface area (Å²) in [7, 11) is 0. The third-order valence-electron chi connectivity index (χ3n) is 3.86. The number of benzene rings is 1. The third-order valence-corrected chi connectivity index (χ3v) is 5.43. The SMILES string of the molecule is CCOc1cc(/C=C2/SC(=O)N([C@@H](C)CC)C2=O)c(Br)cc1OCC(=O)O. The van der Waals surface area contributed by atoms with Gasteiger partial charge in [-0.05, 0) is 55.8 Å². The van der Waals surface area contributed by atoms with Crippen LogP contribution < -0.4 is 9.47 Å². The van der Waals surface area contributed by atoms with Gasteiger partial charge in [0.05, 0.1) is 11.5 Å². The van der Waals surface area contributed by atoms with Crippen LogP contribution in [0.25, 0.3) is 6.08 Å². The second-order valence-corrected chi connectivity index (χ2v) is 7.59. The molecule has 0 aliphatic carbocycles. The molecule has 1 N–H and O–H groups in total. The Morgan fingerprint density at radius 2 is 1.96 bits per heavy atom. The Bertz CT molecular complexity index is 794. The summed E-state index contributed by atoms with van der Waals surface area (Å²) in [6, 6.07) is 3.05. The fraction of sp³-hybridized carbons (Fsp3) is 0.389. The molecule has 1 atom stereocenters. The first-order valence-electron chi connectivity index (χ1n) is 8.36. The molecule has 0 saturated carbocycles. The van der Waals surface area contributed by atoms with Gasteiger partial charge in [-0.15, -0.1) is 0 Å². The normalized spacial score (nSPS) is 16.7. The summed E-state index contributed by atoms with van der Waals surface area (Å²) in [6.07, 6.45) is 2.29. The van der Waals surface area contributed by atoms with Crippen molar-refractivity contribution in [1.29, 1.82) is 0 Å². The summed E-state index contributed by atoms with van der Waals surface area (Å²) in [5.74, 6) is -0.794. The Morgan fingerprint density at radius 3 is 2.56 bits per heavy atom. The van der Waals surface area contributed by atoms with E-state index >= 15 is 0 Å². The van der Waals surface area contributed by atoms with E-state index in [1.807, 2.05) is 13.8 Å². The van der Waals surface area contributed by atoms with Gasteiger partial charge in [0.25, 0.3) is 11.1 Å². The number of aliphatic carboxylic acids is 1. The topological polar surface area (TPSA) is 93.1 Å². The molecule has 0 bridgehead atoms. The largest absolute Gasteiger partial charge is 0.490 e. The lowest BCUT2D eigenvalue weighted by Crippen LogP contribution is -2.36. The number of hydrogen-bond donors (Lipinski definition) is 1. The van der Waals surface area contributed by atoms with Gasteiger partial charge in [-0.25, -0.2) is 4.79 Å². The van der Waals surface area contributed by atoms with Crippen molar-refractivity contribution in [2.24, 2.45) is 0 Å². The molecule has 1 aliphatic heterocycles. The van der Waals surface area contributed by atoms with Crippen LogP contribution in [-0.4, -0.2) is 46.4 Å². The van der Waals surface area contributed by atoms with Gasteiger partial charge < -0.3 is 14.6 Å². The van der Waals surface area contributed by atoms with Crippen molar-refractivity contribution in [3.8, 4) is 11.5 Å². The summed E-state index contributed by atoms with van der Waals surface area (Å²) in [6.45, 7) is 5.39. The summed E-state index contributed by atoms with van der Waals surface area (Å²) in [5.41, 5.74) is 0.621. The van der Waals surface area contributed by atoms with E-state index in [1.54, 1.807) is 25.1 Å². The Balaban J connectivity index is 2.37. The molecule has 0 spiro atoms. The van der Waals surface area contributed by atoms with Crippen LogP contribution in [-0.2, 0) is 9.59 Å². The van der Waals surface area contributed by atoms with Gasteiger partial charge in [-0.3, -0.25) is 14.5 Å². The molecule has 27 heavy (non-hydrogen) atoms. The molecule has 1 saturated heterocycles. The molecule has 0 aromatic heterocycles. The van der Waals surface area contributed by atoms with E-state index in [9.17, 15) is 14.4 Å². The number of carboxylic acid groups (broad SMARTS) is 1. The van der Waals surface area contributed by atoms with Crippen LogP contribution in [0.4, 0.5) is 4.79 Å². The number of rotatable bonds is 8. The summed E-state index contributed by atoms with van der Waals surface area (Å²) in [4.78, 5) is 37.0. The second-order valence-electron chi connectivity index (χ2n) is 5.74. The average molecular weight is 458 g/mol.